The summed E-state index contributed by atoms with van der Waals surface area (Å²) in [6, 6.07) is 2.87. The molecule has 21 heavy (non-hydrogen) atoms. The van der Waals surface area contributed by atoms with Gasteiger partial charge in [0.25, 0.3) is 0 Å². The molecule has 1 aromatic rings. The van der Waals surface area contributed by atoms with Crippen LogP contribution < -0.4 is 5.32 Å². The van der Waals surface area contributed by atoms with Gasteiger partial charge in [0.2, 0.25) is 0 Å². The van der Waals surface area contributed by atoms with E-state index in [9.17, 15) is 0 Å². The maximum absolute atomic E-state index is 3.73. The Morgan fingerprint density at radius 2 is 1.71 bits per heavy atom. The molecule has 1 atom stereocenters. The standard InChI is InChI=1S/C18H32BrNS/c1-4-6-7-8-9-10-11-12-17(20-13-5-2)18-14-16(19)15(3)21-18/h14,17,20H,4-13H2,1-3H3. The second-order valence-electron chi connectivity index (χ2n) is 5.97. The molecule has 3 heteroatoms. The Kier molecular flexibility index (Phi) is 10.7. The van der Waals surface area contributed by atoms with Gasteiger partial charge in [-0.15, -0.1) is 11.3 Å². The van der Waals surface area contributed by atoms with E-state index < -0.39 is 0 Å². The number of thiophene rings is 1. The van der Waals surface area contributed by atoms with Gasteiger partial charge in [-0.1, -0.05) is 58.8 Å². The summed E-state index contributed by atoms with van der Waals surface area (Å²) in [5, 5.41) is 3.73. The number of halogens is 1. The normalized spacial score (nSPS) is 12.8. The van der Waals surface area contributed by atoms with Crippen LogP contribution in [-0.4, -0.2) is 6.54 Å². The van der Waals surface area contributed by atoms with Crippen molar-refractivity contribution in [2.45, 2.75) is 84.6 Å². The van der Waals surface area contributed by atoms with Crippen LogP contribution in [0.5, 0.6) is 0 Å². The van der Waals surface area contributed by atoms with Gasteiger partial charge < -0.3 is 5.32 Å². The van der Waals surface area contributed by atoms with Crippen LogP contribution in [0.4, 0.5) is 0 Å². The number of aryl methyl sites for hydroxylation is 1. The smallest absolute Gasteiger partial charge is 0.0415 e. The summed E-state index contributed by atoms with van der Waals surface area (Å²) in [5.41, 5.74) is 0. The van der Waals surface area contributed by atoms with E-state index in [2.05, 4.69) is 48.1 Å². The summed E-state index contributed by atoms with van der Waals surface area (Å²) in [5.74, 6) is 0. The third-order valence-corrected chi connectivity index (χ3v) is 6.21. The molecule has 1 N–H and O–H groups in total. The molecule has 0 saturated heterocycles. The molecule has 0 fully saturated rings. The fourth-order valence-corrected chi connectivity index (χ4v) is 4.29. The van der Waals surface area contributed by atoms with E-state index >= 15 is 0 Å². The second-order valence-corrected chi connectivity index (χ2v) is 8.11. The lowest BCUT2D eigenvalue weighted by Gasteiger charge is -2.17. The van der Waals surface area contributed by atoms with Crippen LogP contribution >= 0.6 is 27.3 Å². The van der Waals surface area contributed by atoms with E-state index in [4.69, 9.17) is 0 Å². The van der Waals surface area contributed by atoms with Gasteiger partial charge in [0.05, 0.1) is 0 Å². The van der Waals surface area contributed by atoms with Gasteiger partial charge in [-0.3, -0.25) is 0 Å². The summed E-state index contributed by atoms with van der Waals surface area (Å²) < 4.78 is 1.27. The monoisotopic (exact) mass is 373 g/mol. The molecule has 0 aromatic carbocycles. The third-order valence-electron chi connectivity index (χ3n) is 3.96. The van der Waals surface area contributed by atoms with Gasteiger partial charge in [-0.05, 0) is 48.3 Å². The molecule has 0 amide bonds. The molecule has 0 radical (unpaired) electrons. The molecule has 0 aliphatic carbocycles. The Morgan fingerprint density at radius 1 is 1.05 bits per heavy atom. The third kappa shape index (κ3) is 7.80. The van der Waals surface area contributed by atoms with E-state index in [1.807, 2.05) is 11.3 Å². The quantitative estimate of drug-likeness (QED) is 0.388. The predicted octanol–water partition coefficient (Wildman–Crippen LogP) is 7.00. The van der Waals surface area contributed by atoms with Gasteiger partial charge in [-0.2, -0.15) is 0 Å². The van der Waals surface area contributed by atoms with Crippen molar-refractivity contribution in [3.63, 3.8) is 0 Å². The van der Waals surface area contributed by atoms with Crippen molar-refractivity contribution in [1.29, 1.82) is 0 Å². The molecule has 1 heterocycles. The van der Waals surface area contributed by atoms with Gasteiger partial charge in [-0.25, -0.2) is 0 Å². The molecule has 1 unspecified atom stereocenters. The van der Waals surface area contributed by atoms with Gasteiger partial charge in [0, 0.05) is 20.3 Å². The molecule has 0 saturated carbocycles. The number of rotatable bonds is 12. The van der Waals surface area contributed by atoms with Crippen molar-refractivity contribution in [2.75, 3.05) is 6.54 Å². The molecule has 0 spiro atoms. The number of nitrogens with one attached hydrogen (secondary N) is 1. The fourth-order valence-electron chi connectivity index (χ4n) is 2.62. The molecule has 0 aliphatic heterocycles. The van der Waals surface area contributed by atoms with Crippen LogP contribution in [0.2, 0.25) is 0 Å². The van der Waals surface area contributed by atoms with E-state index in [1.54, 1.807) is 0 Å². The van der Waals surface area contributed by atoms with Crippen molar-refractivity contribution in [3.05, 3.63) is 20.3 Å². The van der Waals surface area contributed by atoms with Crippen molar-refractivity contribution in [2.24, 2.45) is 0 Å². The lowest BCUT2D eigenvalue weighted by molar-refractivity contribution is 0.471. The maximum Gasteiger partial charge on any atom is 0.0415 e. The zero-order valence-electron chi connectivity index (χ0n) is 14.0. The van der Waals surface area contributed by atoms with Gasteiger partial charge in [0.1, 0.15) is 0 Å². The van der Waals surface area contributed by atoms with Crippen molar-refractivity contribution in [3.8, 4) is 0 Å². The van der Waals surface area contributed by atoms with Gasteiger partial charge >= 0.3 is 0 Å². The average Bonchev–Trinajstić information content (AvgIpc) is 2.80. The summed E-state index contributed by atoms with van der Waals surface area (Å²) in [6.07, 6.45) is 12.2. The zero-order valence-corrected chi connectivity index (χ0v) is 16.4. The Hall–Kier alpha value is 0.140. The maximum atomic E-state index is 3.73. The fraction of sp³-hybridized carbons (Fsp3) is 0.778. The van der Waals surface area contributed by atoms with Gasteiger partial charge in [0.15, 0.2) is 0 Å². The first kappa shape index (κ1) is 19.2. The van der Waals surface area contributed by atoms with E-state index in [1.165, 1.54) is 72.0 Å². The molecule has 0 bridgehead atoms. The molecule has 1 nitrogen and oxygen atoms in total. The molecule has 122 valence electrons. The zero-order chi connectivity index (χ0) is 15.5. The highest BCUT2D eigenvalue weighted by Crippen LogP contribution is 2.33. The summed E-state index contributed by atoms with van der Waals surface area (Å²) in [4.78, 5) is 2.90. The highest BCUT2D eigenvalue weighted by atomic mass is 79.9. The molecule has 1 rings (SSSR count). The van der Waals surface area contributed by atoms with Crippen LogP contribution in [0, 0.1) is 6.92 Å². The van der Waals surface area contributed by atoms with E-state index in [0.717, 1.165) is 6.54 Å². The number of hydrogen-bond donors (Lipinski definition) is 1. The summed E-state index contributed by atoms with van der Waals surface area (Å²) in [6.45, 7) is 7.84. The Bertz CT molecular complexity index is 356. The molecular weight excluding hydrogens is 342 g/mol. The second kappa shape index (κ2) is 11.7. The first-order valence-corrected chi connectivity index (χ1v) is 10.3. The molecular formula is C18H32BrNS. The minimum atomic E-state index is 0.551. The van der Waals surface area contributed by atoms with Crippen LogP contribution in [0.1, 0.15) is 87.4 Å². The lowest BCUT2D eigenvalue weighted by Crippen LogP contribution is -2.21. The van der Waals surface area contributed by atoms with Crippen molar-refractivity contribution in [1.82, 2.24) is 5.32 Å². The Balaban J connectivity index is 2.33. The average molecular weight is 374 g/mol. The van der Waals surface area contributed by atoms with E-state index in [0.29, 0.717) is 6.04 Å². The number of hydrogen-bond acceptors (Lipinski definition) is 2. The first-order valence-electron chi connectivity index (χ1n) is 8.68. The Morgan fingerprint density at radius 3 is 2.29 bits per heavy atom. The Labute approximate surface area is 144 Å². The van der Waals surface area contributed by atoms with Crippen molar-refractivity contribution < 1.29 is 0 Å². The highest BCUT2D eigenvalue weighted by molar-refractivity contribution is 9.10. The number of unbranched alkanes of at least 4 members (excludes halogenated alkanes) is 6. The summed E-state index contributed by atoms with van der Waals surface area (Å²) in [7, 11) is 0. The van der Waals surface area contributed by atoms with E-state index in [-0.39, 0.29) is 0 Å². The molecule has 1 aromatic heterocycles. The minimum Gasteiger partial charge on any atom is -0.309 e. The van der Waals surface area contributed by atoms with Crippen LogP contribution in [0.15, 0.2) is 10.5 Å². The van der Waals surface area contributed by atoms with Crippen LogP contribution in [-0.2, 0) is 0 Å². The first-order chi connectivity index (χ1) is 10.2. The molecule has 0 aliphatic rings. The minimum absolute atomic E-state index is 0.551. The largest absolute Gasteiger partial charge is 0.309 e. The summed E-state index contributed by atoms with van der Waals surface area (Å²) >= 11 is 5.59. The van der Waals surface area contributed by atoms with Crippen LogP contribution in [0.3, 0.4) is 0 Å². The highest BCUT2D eigenvalue weighted by Gasteiger charge is 2.14. The SMILES string of the molecule is CCCCCCCCCC(NCCC)c1cc(Br)c(C)s1. The lowest BCUT2D eigenvalue weighted by atomic mass is 10.0. The topological polar surface area (TPSA) is 12.0 Å². The van der Waals surface area contributed by atoms with Crippen LogP contribution in [0.25, 0.3) is 0 Å². The predicted molar refractivity (Wildman–Crippen MR) is 100 cm³/mol. The van der Waals surface area contributed by atoms with Crippen molar-refractivity contribution >= 4 is 27.3 Å².